The van der Waals surface area contributed by atoms with E-state index in [9.17, 15) is 9.59 Å². The summed E-state index contributed by atoms with van der Waals surface area (Å²) in [6, 6.07) is 7.47. The van der Waals surface area contributed by atoms with Crippen LogP contribution in [-0.4, -0.2) is 18.4 Å². The summed E-state index contributed by atoms with van der Waals surface area (Å²) in [5, 5.41) is 2.81. The van der Waals surface area contributed by atoms with Gasteiger partial charge >= 0.3 is 0 Å². The normalized spacial score (nSPS) is 15.6. The maximum Gasteiger partial charge on any atom is 0.226 e. The van der Waals surface area contributed by atoms with Crippen molar-refractivity contribution < 1.29 is 9.59 Å². The summed E-state index contributed by atoms with van der Waals surface area (Å²) in [7, 11) is 0. The summed E-state index contributed by atoms with van der Waals surface area (Å²) in [6.07, 6.45) is 3.08. The average Bonchev–Trinajstić information content (AvgIpc) is 2.39. The summed E-state index contributed by atoms with van der Waals surface area (Å²) in [5.41, 5.74) is 1.62. The van der Waals surface area contributed by atoms with E-state index >= 15 is 0 Å². The molecule has 0 unspecified atom stereocenters. The van der Waals surface area contributed by atoms with Gasteiger partial charge < -0.3 is 10.2 Å². The third kappa shape index (κ3) is 2.88. The van der Waals surface area contributed by atoms with E-state index in [-0.39, 0.29) is 11.8 Å². The molecule has 2 rings (SSSR count). The number of carbonyl (C=O) groups is 2. The summed E-state index contributed by atoms with van der Waals surface area (Å²) in [5.74, 6) is 0.150. The van der Waals surface area contributed by atoms with E-state index in [1.54, 1.807) is 4.90 Å². The van der Waals surface area contributed by atoms with Crippen LogP contribution in [0.15, 0.2) is 24.3 Å². The lowest BCUT2D eigenvalue weighted by molar-refractivity contribution is -0.119. The molecule has 1 N–H and O–H groups in total. The fourth-order valence-electron chi connectivity index (χ4n) is 2.08. The van der Waals surface area contributed by atoms with Crippen LogP contribution in [0.2, 0.25) is 0 Å². The Morgan fingerprint density at radius 2 is 2.22 bits per heavy atom. The topological polar surface area (TPSA) is 49.4 Å². The third-order valence-electron chi connectivity index (χ3n) is 3.09. The van der Waals surface area contributed by atoms with Gasteiger partial charge in [0, 0.05) is 30.8 Å². The molecule has 0 saturated carbocycles. The highest BCUT2D eigenvalue weighted by atomic mass is 16.2. The predicted molar refractivity (Wildman–Crippen MR) is 71.6 cm³/mol. The van der Waals surface area contributed by atoms with Crippen LogP contribution in [0.5, 0.6) is 0 Å². The van der Waals surface area contributed by atoms with Crippen molar-refractivity contribution in [2.45, 2.75) is 32.6 Å². The van der Waals surface area contributed by atoms with Crippen molar-refractivity contribution in [1.29, 1.82) is 0 Å². The first-order valence-electron chi connectivity index (χ1n) is 6.41. The van der Waals surface area contributed by atoms with Gasteiger partial charge in [0.15, 0.2) is 0 Å². The predicted octanol–water partition coefficient (Wildman–Crippen LogP) is 2.55. The standard InChI is InChI=1S/C14H18N2O2/c1-2-13(17)15-11-6-5-7-12(10-11)16-9-4-3-8-14(16)18/h5-7,10H,2-4,8-9H2,1H3,(H,15,17). The molecule has 1 aliphatic rings. The van der Waals surface area contributed by atoms with Crippen LogP contribution in [0.1, 0.15) is 32.6 Å². The van der Waals surface area contributed by atoms with Crippen LogP contribution in [0.25, 0.3) is 0 Å². The van der Waals surface area contributed by atoms with Crippen molar-refractivity contribution in [2.75, 3.05) is 16.8 Å². The van der Waals surface area contributed by atoms with Crippen LogP contribution in [-0.2, 0) is 9.59 Å². The molecule has 1 aliphatic heterocycles. The smallest absolute Gasteiger partial charge is 0.226 e. The maximum atomic E-state index is 11.8. The third-order valence-corrected chi connectivity index (χ3v) is 3.09. The van der Waals surface area contributed by atoms with Crippen LogP contribution in [0, 0.1) is 0 Å². The van der Waals surface area contributed by atoms with Gasteiger partial charge in [-0.05, 0) is 31.0 Å². The molecule has 18 heavy (non-hydrogen) atoms. The summed E-state index contributed by atoms with van der Waals surface area (Å²) in [6.45, 7) is 2.58. The Morgan fingerprint density at radius 3 is 2.94 bits per heavy atom. The van der Waals surface area contributed by atoms with Gasteiger partial charge in [-0.3, -0.25) is 9.59 Å². The lowest BCUT2D eigenvalue weighted by Gasteiger charge is -2.27. The second-order valence-electron chi connectivity index (χ2n) is 4.45. The number of anilines is 2. The Hall–Kier alpha value is -1.84. The Labute approximate surface area is 107 Å². The Bertz CT molecular complexity index is 457. The van der Waals surface area contributed by atoms with Crippen molar-refractivity contribution in [2.24, 2.45) is 0 Å². The van der Waals surface area contributed by atoms with E-state index < -0.39 is 0 Å². The Balaban J connectivity index is 2.15. The number of carbonyl (C=O) groups excluding carboxylic acids is 2. The summed E-state index contributed by atoms with van der Waals surface area (Å²) >= 11 is 0. The van der Waals surface area contributed by atoms with E-state index in [0.29, 0.717) is 12.8 Å². The number of piperidine rings is 1. The number of hydrogen-bond acceptors (Lipinski definition) is 2. The molecule has 1 saturated heterocycles. The first-order chi connectivity index (χ1) is 8.70. The highest BCUT2D eigenvalue weighted by molar-refractivity contribution is 5.96. The lowest BCUT2D eigenvalue weighted by atomic mass is 10.1. The molecule has 1 aromatic rings. The zero-order valence-corrected chi connectivity index (χ0v) is 10.6. The number of amides is 2. The van der Waals surface area contributed by atoms with E-state index in [1.807, 2.05) is 31.2 Å². The van der Waals surface area contributed by atoms with Crippen LogP contribution >= 0.6 is 0 Å². The van der Waals surface area contributed by atoms with E-state index in [1.165, 1.54) is 0 Å². The van der Waals surface area contributed by atoms with Crippen molar-refractivity contribution in [3.8, 4) is 0 Å². The molecule has 0 radical (unpaired) electrons. The first kappa shape index (κ1) is 12.6. The molecule has 4 heteroatoms. The molecule has 1 heterocycles. The Kier molecular flexibility index (Phi) is 3.97. The molecule has 1 aromatic carbocycles. The minimum atomic E-state index is -0.0166. The zero-order chi connectivity index (χ0) is 13.0. The van der Waals surface area contributed by atoms with E-state index in [4.69, 9.17) is 0 Å². The molecule has 0 aromatic heterocycles. The summed E-state index contributed by atoms with van der Waals surface area (Å²) in [4.78, 5) is 25.0. The largest absolute Gasteiger partial charge is 0.326 e. The second-order valence-corrected chi connectivity index (χ2v) is 4.45. The van der Waals surface area contributed by atoms with Gasteiger partial charge in [-0.15, -0.1) is 0 Å². The number of benzene rings is 1. The fraction of sp³-hybridized carbons (Fsp3) is 0.429. The van der Waals surface area contributed by atoms with Gasteiger partial charge in [0.1, 0.15) is 0 Å². The van der Waals surface area contributed by atoms with Gasteiger partial charge in [0.05, 0.1) is 0 Å². The van der Waals surface area contributed by atoms with Crippen molar-refractivity contribution >= 4 is 23.2 Å². The fourth-order valence-corrected chi connectivity index (χ4v) is 2.08. The minimum Gasteiger partial charge on any atom is -0.326 e. The van der Waals surface area contributed by atoms with Crippen molar-refractivity contribution in [3.05, 3.63) is 24.3 Å². The molecule has 96 valence electrons. The van der Waals surface area contributed by atoms with Gasteiger partial charge in [-0.2, -0.15) is 0 Å². The van der Waals surface area contributed by atoms with E-state index in [0.717, 1.165) is 30.8 Å². The van der Waals surface area contributed by atoms with E-state index in [2.05, 4.69) is 5.32 Å². The summed E-state index contributed by atoms with van der Waals surface area (Å²) < 4.78 is 0. The lowest BCUT2D eigenvalue weighted by Crippen LogP contribution is -2.35. The van der Waals surface area contributed by atoms with Gasteiger partial charge in [-0.1, -0.05) is 13.0 Å². The Morgan fingerprint density at radius 1 is 1.39 bits per heavy atom. The molecule has 2 amide bonds. The van der Waals surface area contributed by atoms with Crippen molar-refractivity contribution in [3.63, 3.8) is 0 Å². The highest BCUT2D eigenvalue weighted by Gasteiger charge is 2.19. The molecule has 1 fully saturated rings. The maximum absolute atomic E-state index is 11.8. The van der Waals surface area contributed by atoms with Gasteiger partial charge in [0.2, 0.25) is 11.8 Å². The highest BCUT2D eigenvalue weighted by Crippen LogP contribution is 2.23. The monoisotopic (exact) mass is 246 g/mol. The molecular weight excluding hydrogens is 228 g/mol. The van der Waals surface area contributed by atoms with Crippen LogP contribution in [0.3, 0.4) is 0 Å². The molecule has 0 aliphatic carbocycles. The molecule has 0 spiro atoms. The average molecular weight is 246 g/mol. The van der Waals surface area contributed by atoms with Gasteiger partial charge in [-0.25, -0.2) is 0 Å². The SMILES string of the molecule is CCC(=O)Nc1cccc(N2CCCCC2=O)c1. The number of rotatable bonds is 3. The number of hydrogen-bond donors (Lipinski definition) is 1. The number of nitrogens with zero attached hydrogens (tertiary/aromatic N) is 1. The molecule has 0 bridgehead atoms. The van der Waals surface area contributed by atoms with Gasteiger partial charge in [0.25, 0.3) is 0 Å². The molecule has 0 atom stereocenters. The van der Waals surface area contributed by atoms with Crippen LogP contribution in [0.4, 0.5) is 11.4 Å². The molecule has 4 nitrogen and oxygen atoms in total. The molecular formula is C14H18N2O2. The first-order valence-corrected chi connectivity index (χ1v) is 6.41. The van der Waals surface area contributed by atoms with Crippen molar-refractivity contribution in [1.82, 2.24) is 0 Å². The number of nitrogens with one attached hydrogen (secondary N) is 1. The second kappa shape index (κ2) is 5.67. The van der Waals surface area contributed by atoms with Crippen LogP contribution < -0.4 is 10.2 Å². The minimum absolute atomic E-state index is 0.0166. The quantitative estimate of drug-likeness (QED) is 0.891. The zero-order valence-electron chi connectivity index (χ0n) is 10.6.